The van der Waals surface area contributed by atoms with Crippen LogP contribution in [-0.2, 0) is 33.2 Å². The van der Waals surface area contributed by atoms with E-state index in [0.29, 0.717) is 0 Å². The van der Waals surface area contributed by atoms with Crippen LogP contribution in [0.5, 0.6) is 0 Å². The van der Waals surface area contributed by atoms with Gasteiger partial charge in [-0.3, -0.25) is 5.41 Å². The molecule has 2 amide bonds. The number of nitrogens with one attached hydrogen (secondary N) is 2. The minimum absolute atomic E-state index is 0.0362. The predicted octanol–water partition coefficient (Wildman–Crippen LogP) is -1.94. The van der Waals surface area contributed by atoms with Crippen molar-refractivity contribution in [3.63, 3.8) is 0 Å². The minimum atomic E-state index is -1.43. The fourth-order valence-electron chi connectivity index (χ4n) is 3.92. The third-order valence-corrected chi connectivity index (χ3v) is 7.41. The molecule has 0 spiro atoms. The predicted molar refractivity (Wildman–Crippen MR) is 136 cm³/mol. The van der Waals surface area contributed by atoms with E-state index in [0.717, 1.165) is 11.8 Å². The van der Waals surface area contributed by atoms with Crippen LogP contribution in [0.4, 0.5) is 4.79 Å². The highest BCUT2D eigenvalue weighted by atomic mass is 32.2. The molecular formula is C22H42N4O11S. The van der Waals surface area contributed by atoms with Crippen molar-refractivity contribution < 1.29 is 53.3 Å². The average molecular weight is 571 g/mol. The second-order valence-corrected chi connectivity index (χ2v) is 10.4. The van der Waals surface area contributed by atoms with E-state index in [9.17, 15) is 20.1 Å². The van der Waals surface area contributed by atoms with Gasteiger partial charge in [0.15, 0.2) is 24.5 Å². The summed E-state index contributed by atoms with van der Waals surface area (Å²) >= 11 is 1.09. The SMILES string of the molecule is COCC1OC(OCOC2C(O)C(COC)OC(OC)C2SC(=N)N(C)C)C(NC(=O)N(C)C)C(O)C1O. The molecule has 0 aromatic rings. The van der Waals surface area contributed by atoms with Crippen molar-refractivity contribution in [2.24, 2.45) is 0 Å². The molecule has 0 bridgehead atoms. The quantitative estimate of drug-likeness (QED) is 0.105. The smallest absolute Gasteiger partial charge is 0.317 e. The van der Waals surface area contributed by atoms with Gasteiger partial charge < -0.3 is 63.6 Å². The van der Waals surface area contributed by atoms with Crippen molar-refractivity contribution in [3.8, 4) is 0 Å². The molecule has 0 aromatic heterocycles. The standard InChI is InChI=1S/C22H42N4O11S/c1-25(2)21(23)38-18-17(15(28)12(9-32-6)37-20(18)33-7)34-10-35-19-13(24-22(30)26(3)4)16(29)14(27)11(36-19)8-31-5/h11-20,23,27-29H,8-10H2,1-7H3,(H,24,30). The second kappa shape index (κ2) is 15.5. The summed E-state index contributed by atoms with van der Waals surface area (Å²) in [6, 6.07) is -1.68. The zero-order valence-electron chi connectivity index (χ0n) is 22.8. The second-order valence-electron chi connectivity index (χ2n) is 9.27. The molecule has 2 aliphatic rings. The molecule has 2 fully saturated rings. The van der Waals surface area contributed by atoms with Crippen LogP contribution in [0.3, 0.4) is 0 Å². The Hall–Kier alpha value is -1.31. The van der Waals surface area contributed by atoms with Crippen LogP contribution in [0.1, 0.15) is 0 Å². The molecule has 10 atom stereocenters. The molecule has 2 aliphatic heterocycles. The molecular weight excluding hydrogens is 528 g/mol. The third-order valence-electron chi connectivity index (χ3n) is 6.06. The largest absolute Gasteiger partial charge is 0.388 e. The molecule has 38 heavy (non-hydrogen) atoms. The number of nitrogens with zero attached hydrogens (tertiary/aromatic N) is 2. The van der Waals surface area contributed by atoms with Crippen LogP contribution in [0.2, 0.25) is 0 Å². The normalized spacial score (nSPS) is 35.5. The minimum Gasteiger partial charge on any atom is -0.388 e. The van der Waals surface area contributed by atoms with Gasteiger partial charge in [-0.1, -0.05) is 11.8 Å². The number of rotatable bonds is 11. The Morgan fingerprint density at radius 3 is 2.00 bits per heavy atom. The summed E-state index contributed by atoms with van der Waals surface area (Å²) in [4.78, 5) is 15.2. The maximum absolute atomic E-state index is 12.3. The molecule has 0 radical (unpaired) electrons. The van der Waals surface area contributed by atoms with Gasteiger partial charge in [-0.25, -0.2) is 4.79 Å². The van der Waals surface area contributed by atoms with E-state index in [1.54, 1.807) is 19.0 Å². The number of aliphatic hydroxyl groups excluding tert-OH is 3. The van der Waals surface area contributed by atoms with Gasteiger partial charge >= 0.3 is 6.03 Å². The first kappa shape index (κ1) is 32.9. The lowest BCUT2D eigenvalue weighted by molar-refractivity contribution is -0.307. The number of thioether (sulfide) groups is 1. The van der Waals surface area contributed by atoms with Crippen molar-refractivity contribution in [2.45, 2.75) is 60.5 Å². The van der Waals surface area contributed by atoms with Crippen LogP contribution >= 0.6 is 11.8 Å². The number of urea groups is 1. The maximum Gasteiger partial charge on any atom is 0.317 e. The number of hydrogen-bond acceptors (Lipinski definition) is 13. The van der Waals surface area contributed by atoms with Crippen LogP contribution in [0.15, 0.2) is 0 Å². The van der Waals surface area contributed by atoms with E-state index in [1.165, 1.54) is 40.3 Å². The summed E-state index contributed by atoms with van der Waals surface area (Å²) in [6.45, 7) is -0.408. The van der Waals surface area contributed by atoms with E-state index < -0.39 is 73.3 Å². The molecule has 2 heterocycles. The zero-order valence-corrected chi connectivity index (χ0v) is 23.6. The third kappa shape index (κ3) is 8.34. The van der Waals surface area contributed by atoms with Gasteiger partial charge in [0.1, 0.15) is 42.7 Å². The average Bonchev–Trinajstić information content (AvgIpc) is 2.87. The van der Waals surface area contributed by atoms with E-state index in [2.05, 4.69) is 5.32 Å². The number of aliphatic hydroxyl groups is 3. The highest BCUT2D eigenvalue weighted by molar-refractivity contribution is 8.14. The van der Waals surface area contributed by atoms with Gasteiger partial charge in [0, 0.05) is 49.5 Å². The van der Waals surface area contributed by atoms with Gasteiger partial charge in [-0.2, -0.15) is 0 Å². The summed E-state index contributed by atoms with van der Waals surface area (Å²) < 4.78 is 39.1. The first-order valence-electron chi connectivity index (χ1n) is 12.0. The van der Waals surface area contributed by atoms with Crippen LogP contribution in [-0.4, -0.2) is 166 Å². The summed E-state index contributed by atoms with van der Waals surface area (Å²) in [5, 5.41) is 42.6. The highest BCUT2D eigenvalue weighted by Crippen LogP contribution is 2.34. The molecule has 222 valence electrons. The molecule has 0 saturated carbocycles. The van der Waals surface area contributed by atoms with Gasteiger partial charge in [0.2, 0.25) is 0 Å². The number of amidine groups is 1. The van der Waals surface area contributed by atoms with Gasteiger partial charge in [0.05, 0.1) is 18.5 Å². The lowest BCUT2D eigenvalue weighted by atomic mass is 9.97. The number of amides is 2. The fraction of sp³-hybridized carbons (Fsp3) is 0.909. The van der Waals surface area contributed by atoms with E-state index in [-0.39, 0.29) is 18.4 Å². The molecule has 15 nitrogen and oxygen atoms in total. The number of carbonyl (C=O) groups is 1. The van der Waals surface area contributed by atoms with Crippen molar-refractivity contribution >= 4 is 23.0 Å². The lowest BCUT2D eigenvalue weighted by Gasteiger charge is -2.44. The monoisotopic (exact) mass is 570 g/mol. The van der Waals surface area contributed by atoms with Crippen molar-refractivity contribution in [1.82, 2.24) is 15.1 Å². The molecule has 10 unspecified atom stereocenters. The highest BCUT2D eigenvalue weighted by Gasteiger charge is 2.49. The molecule has 2 saturated heterocycles. The van der Waals surface area contributed by atoms with Gasteiger partial charge in [0.25, 0.3) is 0 Å². The number of hydrogen-bond donors (Lipinski definition) is 5. The zero-order chi connectivity index (χ0) is 28.6. The molecule has 16 heteroatoms. The van der Waals surface area contributed by atoms with Crippen molar-refractivity contribution in [1.29, 1.82) is 5.41 Å². The lowest BCUT2D eigenvalue weighted by Crippen LogP contribution is -2.65. The van der Waals surface area contributed by atoms with Crippen LogP contribution in [0.25, 0.3) is 0 Å². The number of ether oxygens (including phenoxy) is 7. The number of carbonyl (C=O) groups excluding carboxylic acids is 1. The number of methoxy groups -OCH3 is 3. The van der Waals surface area contributed by atoms with Crippen molar-refractivity contribution in [2.75, 3.05) is 69.5 Å². The summed E-state index contributed by atoms with van der Waals surface area (Å²) in [7, 11) is 10.8. The molecule has 5 N–H and O–H groups in total. The van der Waals surface area contributed by atoms with Gasteiger partial charge in [-0.05, 0) is 0 Å². The van der Waals surface area contributed by atoms with E-state index >= 15 is 0 Å². The first-order valence-corrected chi connectivity index (χ1v) is 12.8. The topological polar surface area (TPSA) is 185 Å². The Labute approximate surface area is 227 Å². The summed E-state index contributed by atoms with van der Waals surface area (Å²) in [6.07, 6.45) is -8.65. The van der Waals surface area contributed by atoms with Gasteiger partial charge in [-0.15, -0.1) is 0 Å². The Morgan fingerprint density at radius 1 is 0.895 bits per heavy atom. The maximum atomic E-state index is 12.3. The Kier molecular flexibility index (Phi) is 13.4. The van der Waals surface area contributed by atoms with E-state index in [4.69, 9.17) is 38.6 Å². The molecule has 0 aliphatic carbocycles. The molecule has 0 aromatic carbocycles. The van der Waals surface area contributed by atoms with Crippen LogP contribution < -0.4 is 5.32 Å². The molecule has 2 rings (SSSR count). The Bertz CT molecular complexity index is 752. The van der Waals surface area contributed by atoms with E-state index in [1.807, 2.05) is 0 Å². The summed E-state index contributed by atoms with van der Waals surface area (Å²) in [5.74, 6) is 0. The Balaban J connectivity index is 2.21. The van der Waals surface area contributed by atoms with Crippen molar-refractivity contribution in [3.05, 3.63) is 0 Å². The Morgan fingerprint density at radius 2 is 1.47 bits per heavy atom. The summed E-state index contributed by atoms with van der Waals surface area (Å²) in [5.41, 5.74) is 0. The fourth-order valence-corrected chi connectivity index (χ4v) is 5.05. The first-order chi connectivity index (χ1) is 18.0. The van der Waals surface area contributed by atoms with Crippen LogP contribution in [0, 0.1) is 5.41 Å².